The summed E-state index contributed by atoms with van der Waals surface area (Å²) in [4.78, 5) is 35.7. The molecular formula is C64H75ClF6N4O8. The van der Waals surface area contributed by atoms with E-state index in [4.69, 9.17) is 31.0 Å². The number of nitrogens with one attached hydrogen (secondary N) is 3. The highest BCUT2D eigenvalue weighted by Crippen LogP contribution is 2.45. The normalized spacial score (nSPS) is 11.7. The molecule has 1 amide bonds. The molecule has 6 aromatic carbocycles. The molecule has 12 nitrogen and oxygen atoms in total. The Bertz CT molecular complexity index is 2740. The van der Waals surface area contributed by atoms with E-state index in [1.165, 1.54) is 14.2 Å². The van der Waals surface area contributed by atoms with E-state index in [1.807, 2.05) is 127 Å². The second-order valence-corrected chi connectivity index (χ2v) is 19.5. The number of nitrogens with zero attached hydrogens (tertiary/aromatic N) is 1. The van der Waals surface area contributed by atoms with E-state index in [9.17, 15) is 40.7 Å². The van der Waals surface area contributed by atoms with Crippen LogP contribution in [0.25, 0.3) is 0 Å². The number of amides is 1. The summed E-state index contributed by atoms with van der Waals surface area (Å²) in [7, 11) is 5.98. The van der Waals surface area contributed by atoms with Crippen molar-refractivity contribution >= 4 is 29.4 Å². The van der Waals surface area contributed by atoms with Crippen LogP contribution in [-0.4, -0.2) is 101 Å². The molecule has 0 atom stereocenters. The number of esters is 2. The van der Waals surface area contributed by atoms with Crippen LogP contribution in [0.4, 0.5) is 26.3 Å². The summed E-state index contributed by atoms with van der Waals surface area (Å²) in [6, 6.07) is 56.3. The fraction of sp³-hybridized carbons (Fsp3) is 0.359. The number of hydrogen-bond donors (Lipinski definition) is 4. The summed E-state index contributed by atoms with van der Waals surface area (Å²) < 4.78 is 94.0. The molecule has 448 valence electrons. The van der Waals surface area contributed by atoms with Gasteiger partial charge < -0.3 is 29.6 Å². The van der Waals surface area contributed by atoms with E-state index in [0.29, 0.717) is 51.9 Å². The van der Waals surface area contributed by atoms with Gasteiger partial charge in [0.25, 0.3) is 0 Å². The molecule has 6 aromatic rings. The van der Waals surface area contributed by atoms with Crippen LogP contribution >= 0.6 is 11.6 Å². The van der Waals surface area contributed by atoms with Gasteiger partial charge >= 0.3 is 30.2 Å². The van der Waals surface area contributed by atoms with E-state index >= 15 is 0 Å². The molecule has 0 fully saturated rings. The Kier molecular flexibility index (Phi) is 29.2. The lowest BCUT2D eigenvalue weighted by Crippen LogP contribution is -2.49. The van der Waals surface area contributed by atoms with Crippen molar-refractivity contribution in [2.24, 2.45) is 0 Å². The Balaban J connectivity index is 0.000000296. The van der Waals surface area contributed by atoms with Crippen LogP contribution in [-0.2, 0) is 34.3 Å². The van der Waals surface area contributed by atoms with Crippen molar-refractivity contribution in [1.29, 1.82) is 0 Å². The number of carbonyl (C=O) groups excluding carboxylic acids is 3. The van der Waals surface area contributed by atoms with Gasteiger partial charge in [-0.15, -0.1) is 11.6 Å². The molecule has 0 aliphatic rings. The second-order valence-electron chi connectivity index (χ2n) is 18.9. The van der Waals surface area contributed by atoms with Crippen molar-refractivity contribution in [3.05, 3.63) is 215 Å². The molecule has 6 rings (SSSR count). The maximum absolute atomic E-state index is 12.4. The zero-order valence-electron chi connectivity index (χ0n) is 47.2. The number of benzene rings is 6. The lowest BCUT2D eigenvalue weighted by atomic mass is 9.75. The molecule has 0 aliphatic heterocycles. The highest BCUT2D eigenvalue weighted by Gasteiger charge is 2.42. The van der Waals surface area contributed by atoms with E-state index in [1.54, 1.807) is 14.2 Å². The van der Waals surface area contributed by atoms with E-state index < -0.39 is 34.4 Å². The van der Waals surface area contributed by atoms with Crippen molar-refractivity contribution in [1.82, 2.24) is 21.0 Å². The average Bonchev–Trinajstić information content (AvgIpc) is 3.58. The zero-order chi connectivity index (χ0) is 60.6. The number of allylic oxidation sites excluding steroid dienone is 2. The minimum Gasteiger partial charge on any atom is -0.497 e. The Morgan fingerprint density at radius 3 is 1.35 bits per heavy atom. The first-order valence-electron chi connectivity index (χ1n) is 27.2. The number of rotatable bonds is 29. The van der Waals surface area contributed by atoms with Crippen LogP contribution in [0, 0.1) is 0 Å². The van der Waals surface area contributed by atoms with Crippen molar-refractivity contribution in [3.8, 4) is 11.5 Å². The molecule has 0 aromatic heterocycles. The number of hydrogen-bond acceptors (Lipinski definition) is 11. The van der Waals surface area contributed by atoms with Gasteiger partial charge in [0.1, 0.15) is 22.1 Å². The van der Waals surface area contributed by atoms with Crippen molar-refractivity contribution < 1.29 is 64.9 Å². The Hall–Kier alpha value is -7.38. The SMILES string of the molecule is COC(=O)CCN(CCCCCCNC(=O)C(F)(F)F)C(c1ccccc1)(c1ccccc1)c1ccc(OC)cc1.COC(=O)CCNCCCCC/C=C(\NO)C(F)(F)F.COc1ccc(C(Cl)(c2ccccc2)c2ccccc2)cc1. The average molecular weight is 1180 g/mol. The van der Waals surface area contributed by atoms with Crippen molar-refractivity contribution in [2.75, 3.05) is 61.2 Å². The standard InChI is InChI=1S/C32H37F3N2O4.C20H17ClO.C12H21F3N2O3/c1-40-28-19-17-27(18-20-28)31(25-13-7-5-8-14-25,26-15-9-6-10-16-26)37(24-21-29(38)41-2)23-12-4-3-11-22-36-30(39)32(33,34)35;1-22-19-14-12-18(13-15-19)20(21,16-8-4-2-5-9-16)17-10-6-3-7-11-17;1-20-11(18)7-9-16-8-5-3-2-4-6-10(17-19)12(13,14)15/h5-10,13-20H,3-4,11-12,21-24H2,1-2H3,(H,36,39);2-15H,1H3;6,16-17,19H,2-5,7-9H2,1H3/b;;10-6-. The molecule has 0 spiro atoms. The summed E-state index contributed by atoms with van der Waals surface area (Å²) in [5, 5.41) is 13.3. The van der Waals surface area contributed by atoms with Gasteiger partial charge in [0.15, 0.2) is 0 Å². The predicted molar refractivity (Wildman–Crippen MR) is 310 cm³/mol. The molecule has 0 saturated heterocycles. The lowest BCUT2D eigenvalue weighted by Gasteiger charge is -2.46. The number of hydroxylamine groups is 1. The number of methoxy groups -OCH3 is 4. The fourth-order valence-corrected chi connectivity index (χ4v) is 9.59. The van der Waals surface area contributed by atoms with E-state index in [2.05, 4.69) is 63.5 Å². The van der Waals surface area contributed by atoms with Gasteiger partial charge in [-0.2, -0.15) is 26.3 Å². The Labute approximate surface area is 488 Å². The molecule has 19 heteroatoms. The van der Waals surface area contributed by atoms with Crippen LogP contribution < -0.4 is 25.6 Å². The third kappa shape index (κ3) is 21.4. The van der Waals surface area contributed by atoms with Crippen LogP contribution in [0.15, 0.2) is 182 Å². The molecule has 0 aliphatic carbocycles. The molecule has 0 bridgehead atoms. The van der Waals surface area contributed by atoms with E-state index in [0.717, 1.165) is 82.1 Å². The van der Waals surface area contributed by atoms with E-state index in [-0.39, 0.29) is 31.3 Å². The second kappa shape index (κ2) is 35.6. The molecule has 0 unspecified atom stereocenters. The summed E-state index contributed by atoms with van der Waals surface area (Å²) in [6.07, 6.45) is -3.06. The lowest BCUT2D eigenvalue weighted by molar-refractivity contribution is -0.173. The summed E-state index contributed by atoms with van der Waals surface area (Å²) >= 11 is 7.17. The number of ether oxygens (including phenoxy) is 4. The first kappa shape index (κ1) is 68.1. The minimum absolute atomic E-state index is 0.0335. The van der Waals surface area contributed by atoms with Gasteiger partial charge in [-0.25, -0.2) is 0 Å². The molecular weight excluding hydrogens is 1100 g/mol. The van der Waals surface area contributed by atoms with Gasteiger partial charge in [-0.05, 0) is 103 Å². The molecule has 0 radical (unpaired) electrons. The highest BCUT2D eigenvalue weighted by molar-refractivity contribution is 6.28. The van der Waals surface area contributed by atoms with Crippen LogP contribution in [0.2, 0.25) is 0 Å². The smallest absolute Gasteiger partial charge is 0.471 e. The fourth-order valence-electron chi connectivity index (χ4n) is 9.21. The van der Waals surface area contributed by atoms with Crippen LogP contribution in [0.3, 0.4) is 0 Å². The first-order chi connectivity index (χ1) is 39.9. The Morgan fingerprint density at radius 1 is 0.494 bits per heavy atom. The predicted octanol–water partition coefficient (Wildman–Crippen LogP) is 13.4. The molecule has 4 N–H and O–H groups in total. The molecule has 83 heavy (non-hydrogen) atoms. The third-order valence-corrected chi connectivity index (χ3v) is 14.1. The number of carbonyl (C=O) groups is 3. The molecule has 0 saturated carbocycles. The number of halogens is 7. The van der Waals surface area contributed by atoms with Crippen LogP contribution in [0.5, 0.6) is 11.5 Å². The van der Waals surface area contributed by atoms with Crippen molar-refractivity contribution in [2.45, 2.75) is 87.0 Å². The maximum atomic E-state index is 12.4. The van der Waals surface area contributed by atoms with Gasteiger partial charge in [0.05, 0.1) is 46.8 Å². The van der Waals surface area contributed by atoms with Gasteiger partial charge in [0.2, 0.25) is 0 Å². The number of alkyl halides is 7. The third-order valence-electron chi connectivity index (χ3n) is 13.5. The van der Waals surface area contributed by atoms with Crippen molar-refractivity contribution in [3.63, 3.8) is 0 Å². The summed E-state index contributed by atoms with van der Waals surface area (Å²) in [5.74, 6) is -0.966. The quantitative estimate of drug-likeness (QED) is 0.00888. The zero-order valence-corrected chi connectivity index (χ0v) is 48.0. The van der Waals surface area contributed by atoms with Gasteiger partial charge in [-0.3, -0.25) is 30.0 Å². The van der Waals surface area contributed by atoms with Gasteiger partial charge in [-0.1, -0.05) is 171 Å². The minimum atomic E-state index is -4.88. The number of unbranched alkanes of at least 4 members (excludes halogenated alkanes) is 6. The van der Waals surface area contributed by atoms with Crippen LogP contribution in [0.1, 0.15) is 97.6 Å². The maximum Gasteiger partial charge on any atom is 0.471 e. The summed E-state index contributed by atoms with van der Waals surface area (Å²) in [5.41, 5.74) is 5.43. The highest BCUT2D eigenvalue weighted by atomic mass is 35.5. The summed E-state index contributed by atoms with van der Waals surface area (Å²) in [6.45, 7) is 2.20. The topological polar surface area (TPSA) is 148 Å². The molecule has 0 heterocycles. The monoisotopic (exact) mass is 1180 g/mol. The largest absolute Gasteiger partial charge is 0.497 e. The first-order valence-corrected chi connectivity index (χ1v) is 27.6. The van der Waals surface area contributed by atoms with Gasteiger partial charge in [0, 0.05) is 19.6 Å². The Morgan fingerprint density at radius 2 is 0.904 bits per heavy atom.